The number of unbranched alkanes of at least 4 members (excludes halogenated alkanes) is 1. The van der Waals surface area contributed by atoms with E-state index in [2.05, 4.69) is 47.5 Å². The van der Waals surface area contributed by atoms with Crippen LogP contribution in [-0.2, 0) is 75.2 Å². The highest BCUT2D eigenvalue weighted by Gasteiger charge is 2.42. The fourth-order valence-corrected chi connectivity index (χ4v) is 11.5. The molecule has 2 aliphatic rings. The van der Waals surface area contributed by atoms with Gasteiger partial charge in [0.15, 0.2) is 5.96 Å². The van der Waals surface area contributed by atoms with Crippen LogP contribution < -0.4 is 82.7 Å². The summed E-state index contributed by atoms with van der Waals surface area (Å²) in [7, 11) is 0. The van der Waals surface area contributed by atoms with Crippen LogP contribution in [-0.4, -0.2) is 198 Å². The standard InChI is InChI=1S/C63H98N18O13S/c1-37(2)33-45(57(89)74-41(53(68)85)27-32-95-3)73-52(84)36-72-54(86)46(34-38-15-6-4-7-16-38)78-58(90)47(35-39-17-8-5-9-18-39)79-56(88)42(23-25-50(66)82)75-55(87)43(24-26-51(67)83)76-59(91)49-22-14-31-81(49)62(94)44(20-10-11-28-64)77-60(92)48-21-13-30-80(48)61(93)40(65)19-12-29-71-63(69)70/h4-9,15-18,37,40-49H,10-14,19-36,64-65H2,1-3H3,(H2,66,82)(H2,67,83)(H2,68,85)(H,72,86)(H,73,84)(H,74,89)(H,75,87)(H,76,91)(H,77,92)(H,78,90)(H,79,88)(H4,69,70,71)/t40-,41+,42-,43-,44+,45+,46+,47-,48-,49-/m1/s1. The van der Waals surface area contributed by atoms with Crippen LogP contribution in [0.1, 0.15) is 121 Å². The topological polar surface area (TPSA) is 519 Å². The highest BCUT2D eigenvalue weighted by Crippen LogP contribution is 2.24. The van der Waals surface area contributed by atoms with Gasteiger partial charge in [0.1, 0.15) is 54.4 Å². The number of thioether (sulfide) groups is 1. The number of carbonyl (C=O) groups excluding carboxylic acids is 13. The molecule has 0 saturated carbocycles. The molecule has 13 amide bonds. The number of primary amides is 3. The Kier molecular flexibility index (Phi) is 33.9. The Balaban J connectivity index is 1.56. The number of nitrogens with two attached hydrogens (primary N) is 7. The van der Waals surface area contributed by atoms with Crippen molar-refractivity contribution < 1.29 is 62.3 Å². The molecule has 2 aliphatic heterocycles. The summed E-state index contributed by atoms with van der Waals surface area (Å²) < 4.78 is 0. The molecule has 0 spiro atoms. The Morgan fingerprint density at radius 3 is 1.51 bits per heavy atom. The van der Waals surface area contributed by atoms with Crippen molar-refractivity contribution in [3.63, 3.8) is 0 Å². The SMILES string of the molecule is CSCC[C@H](NC(=O)[C@H](CC(C)C)NC(=O)CNC(=O)[C@H](Cc1ccccc1)NC(=O)[C@@H](Cc1ccccc1)NC(=O)[C@@H](CCC(N)=O)NC(=O)[C@@H](CCC(N)=O)NC(=O)[C@H]1CCCN1C(=O)[C@H](CCCCN)NC(=O)[C@H]1CCCN1C(=O)[C@H](N)CCCN=C(N)N)C(N)=O. The first-order valence-corrected chi connectivity index (χ1v) is 33.6. The number of guanidine groups is 1. The quantitative estimate of drug-likeness (QED) is 0.0173. The van der Waals surface area contributed by atoms with Gasteiger partial charge < -0.3 is 92.5 Å². The summed E-state index contributed by atoms with van der Waals surface area (Å²) in [5.74, 6) is -9.80. The normalized spacial score (nSPS) is 16.8. The highest BCUT2D eigenvalue weighted by atomic mass is 32.2. The maximum Gasteiger partial charge on any atom is 0.245 e. The molecule has 2 aromatic carbocycles. The number of rotatable bonds is 42. The third-order valence-electron chi connectivity index (χ3n) is 16.0. The number of aliphatic imine (C=N–C) groups is 1. The van der Waals surface area contributed by atoms with Crippen molar-refractivity contribution in [2.45, 2.75) is 183 Å². The van der Waals surface area contributed by atoms with E-state index in [0.29, 0.717) is 55.4 Å². The Morgan fingerprint density at radius 2 is 1.01 bits per heavy atom. The molecule has 2 fully saturated rings. The third-order valence-corrected chi connectivity index (χ3v) is 16.7. The van der Waals surface area contributed by atoms with Crippen LogP contribution in [0.3, 0.4) is 0 Å². The fourth-order valence-electron chi connectivity index (χ4n) is 11.0. The highest BCUT2D eigenvalue weighted by molar-refractivity contribution is 7.98. The maximum atomic E-state index is 14.7. The summed E-state index contributed by atoms with van der Waals surface area (Å²) in [5.41, 5.74) is 40.6. The molecule has 524 valence electrons. The van der Waals surface area contributed by atoms with E-state index in [1.807, 2.05) is 20.1 Å². The van der Waals surface area contributed by atoms with Gasteiger partial charge >= 0.3 is 0 Å². The van der Waals surface area contributed by atoms with Crippen molar-refractivity contribution >= 4 is 94.5 Å². The molecular weight excluding hydrogens is 1250 g/mol. The van der Waals surface area contributed by atoms with E-state index in [1.165, 1.54) is 21.6 Å². The Labute approximate surface area is 558 Å². The molecule has 0 radical (unpaired) electrons. The lowest BCUT2D eigenvalue weighted by Crippen LogP contribution is -2.60. The minimum atomic E-state index is -1.64. The van der Waals surface area contributed by atoms with Gasteiger partial charge in [-0.05, 0) is 119 Å². The van der Waals surface area contributed by atoms with E-state index in [4.69, 9.17) is 40.1 Å². The van der Waals surface area contributed by atoms with Crippen LogP contribution in [0.2, 0.25) is 0 Å². The van der Waals surface area contributed by atoms with Gasteiger partial charge in [-0.2, -0.15) is 11.8 Å². The molecule has 0 aliphatic carbocycles. The number of hydrogen-bond donors (Lipinski definition) is 15. The number of carbonyl (C=O) groups is 13. The molecule has 0 bridgehead atoms. The van der Waals surface area contributed by atoms with E-state index in [-0.39, 0.29) is 83.0 Å². The van der Waals surface area contributed by atoms with E-state index in [9.17, 15) is 62.3 Å². The van der Waals surface area contributed by atoms with Crippen molar-refractivity contribution in [1.82, 2.24) is 52.3 Å². The lowest BCUT2D eigenvalue weighted by molar-refractivity contribution is -0.144. The number of nitrogens with zero attached hydrogens (tertiary/aromatic N) is 3. The first kappa shape index (κ1) is 78.5. The van der Waals surface area contributed by atoms with E-state index in [0.717, 1.165) is 0 Å². The summed E-state index contributed by atoms with van der Waals surface area (Å²) in [5, 5.41) is 21.1. The van der Waals surface area contributed by atoms with Gasteiger partial charge in [0, 0.05) is 45.3 Å². The lowest BCUT2D eigenvalue weighted by Gasteiger charge is -2.32. The van der Waals surface area contributed by atoms with Gasteiger partial charge in [-0.3, -0.25) is 67.3 Å². The zero-order valence-corrected chi connectivity index (χ0v) is 55.3. The number of amides is 13. The van der Waals surface area contributed by atoms with Crippen molar-refractivity contribution in [1.29, 1.82) is 0 Å². The monoisotopic (exact) mass is 1350 g/mol. The van der Waals surface area contributed by atoms with Gasteiger partial charge in [-0.15, -0.1) is 0 Å². The van der Waals surface area contributed by atoms with Crippen LogP contribution in [0.15, 0.2) is 65.7 Å². The third kappa shape index (κ3) is 27.5. The average Bonchev–Trinajstić information content (AvgIpc) is 1.74. The van der Waals surface area contributed by atoms with Crippen LogP contribution in [0.4, 0.5) is 0 Å². The number of likely N-dealkylation sites (tertiary alicyclic amines) is 2. The molecule has 4 rings (SSSR count). The zero-order chi connectivity index (χ0) is 70.1. The molecule has 0 unspecified atom stereocenters. The second-order valence-electron chi connectivity index (χ2n) is 24.1. The Bertz CT molecular complexity index is 2960. The summed E-state index contributed by atoms with van der Waals surface area (Å²) >= 11 is 1.45. The van der Waals surface area contributed by atoms with Crippen molar-refractivity contribution in [3.8, 4) is 0 Å². The Hall–Kier alpha value is -8.91. The van der Waals surface area contributed by atoms with Gasteiger partial charge in [-0.25, -0.2) is 0 Å². The predicted molar refractivity (Wildman–Crippen MR) is 356 cm³/mol. The van der Waals surface area contributed by atoms with Crippen LogP contribution in [0.5, 0.6) is 0 Å². The predicted octanol–water partition coefficient (Wildman–Crippen LogP) is -3.71. The molecule has 0 aromatic heterocycles. The molecule has 22 N–H and O–H groups in total. The Morgan fingerprint density at radius 1 is 0.537 bits per heavy atom. The van der Waals surface area contributed by atoms with Gasteiger partial charge in [0.25, 0.3) is 0 Å². The second kappa shape index (κ2) is 41.0. The zero-order valence-electron chi connectivity index (χ0n) is 54.5. The lowest BCUT2D eigenvalue weighted by atomic mass is 10.0. The van der Waals surface area contributed by atoms with Crippen LogP contribution in [0.25, 0.3) is 0 Å². The molecule has 2 heterocycles. The molecule has 2 saturated heterocycles. The molecule has 32 heteroatoms. The number of nitrogens with one attached hydrogen (secondary N) is 8. The first-order chi connectivity index (χ1) is 45.2. The molecule has 95 heavy (non-hydrogen) atoms. The summed E-state index contributed by atoms with van der Waals surface area (Å²) in [4.78, 5) is 185. The van der Waals surface area contributed by atoms with Crippen molar-refractivity contribution in [3.05, 3.63) is 71.8 Å². The first-order valence-electron chi connectivity index (χ1n) is 32.2. The smallest absolute Gasteiger partial charge is 0.245 e. The summed E-state index contributed by atoms with van der Waals surface area (Å²) in [6.07, 6.45) is 3.12. The van der Waals surface area contributed by atoms with E-state index < -0.39 is 169 Å². The number of hydrogen-bond acceptors (Lipinski definition) is 17. The molecular formula is C63H98N18O13S. The van der Waals surface area contributed by atoms with E-state index in [1.54, 1.807) is 60.7 Å². The van der Waals surface area contributed by atoms with E-state index >= 15 is 0 Å². The second-order valence-corrected chi connectivity index (χ2v) is 25.1. The minimum Gasteiger partial charge on any atom is -0.370 e. The maximum absolute atomic E-state index is 14.7. The summed E-state index contributed by atoms with van der Waals surface area (Å²) in [6, 6.07) is 4.51. The van der Waals surface area contributed by atoms with Crippen molar-refractivity contribution in [2.75, 3.05) is 44.7 Å². The molecule has 10 atom stereocenters. The van der Waals surface area contributed by atoms with Gasteiger partial charge in [0.05, 0.1) is 12.6 Å². The summed E-state index contributed by atoms with van der Waals surface area (Å²) in [6.45, 7) is 3.86. The van der Waals surface area contributed by atoms with Crippen LogP contribution in [0, 0.1) is 5.92 Å². The number of benzene rings is 2. The molecule has 31 nitrogen and oxygen atoms in total. The average molecular weight is 1350 g/mol. The largest absolute Gasteiger partial charge is 0.370 e. The van der Waals surface area contributed by atoms with Crippen LogP contribution >= 0.6 is 11.8 Å². The molecule has 2 aromatic rings. The van der Waals surface area contributed by atoms with Gasteiger partial charge in [-0.1, -0.05) is 74.5 Å². The van der Waals surface area contributed by atoms with Crippen molar-refractivity contribution in [2.24, 2.45) is 51.0 Å². The fraction of sp³-hybridized carbons (Fsp3) is 0.587. The van der Waals surface area contributed by atoms with Gasteiger partial charge in [0.2, 0.25) is 76.8 Å². The minimum absolute atomic E-state index is 0.0736.